The summed E-state index contributed by atoms with van der Waals surface area (Å²) in [6, 6.07) is 0. The van der Waals surface area contributed by atoms with E-state index in [1.807, 2.05) is 0 Å². The summed E-state index contributed by atoms with van der Waals surface area (Å²) in [4.78, 5) is 2.21. The Bertz CT molecular complexity index is 219. The fourth-order valence-corrected chi connectivity index (χ4v) is 1.70. The average molecular weight is 193 g/mol. The first-order chi connectivity index (χ1) is 5.58. The lowest BCUT2D eigenvalue weighted by Gasteiger charge is -2.12. The van der Waals surface area contributed by atoms with E-state index in [4.69, 9.17) is 0 Å². The van der Waals surface area contributed by atoms with E-state index >= 15 is 0 Å². The van der Waals surface area contributed by atoms with Crippen LogP contribution in [0.4, 0.5) is 0 Å². The lowest BCUT2D eigenvalue weighted by molar-refractivity contribution is 0.243. The van der Waals surface area contributed by atoms with Crippen molar-refractivity contribution in [1.29, 1.82) is 0 Å². The van der Waals surface area contributed by atoms with Crippen molar-refractivity contribution in [3.05, 3.63) is 0 Å². The average Bonchev–Trinajstić information content (AvgIpc) is 2.36. The van der Waals surface area contributed by atoms with Crippen molar-refractivity contribution in [2.24, 2.45) is 0 Å². The molecule has 0 aromatic carbocycles. The van der Waals surface area contributed by atoms with E-state index in [9.17, 15) is 8.42 Å². The Labute approximate surface area is 73.6 Å². The van der Waals surface area contributed by atoms with Gasteiger partial charge in [0.25, 0.3) is 10.1 Å². The van der Waals surface area contributed by atoms with E-state index in [1.54, 1.807) is 0 Å². The largest absolute Gasteiger partial charge is 0.301 e. The Kier molecular flexibility index (Phi) is 3.49. The van der Waals surface area contributed by atoms with E-state index < -0.39 is 10.1 Å². The molecule has 0 atom stereocenters. The maximum atomic E-state index is 10.6. The summed E-state index contributed by atoms with van der Waals surface area (Å²) in [6.45, 7) is 3.17. The molecular formula is C7H15NO3S. The molecule has 5 heteroatoms. The summed E-state index contributed by atoms with van der Waals surface area (Å²) in [5.74, 6) is 0. The van der Waals surface area contributed by atoms with Gasteiger partial charge >= 0.3 is 0 Å². The zero-order valence-corrected chi connectivity index (χ0v) is 8.14. The number of hydrogen-bond acceptors (Lipinski definition) is 4. The minimum absolute atomic E-state index is 0.291. The molecule has 12 heavy (non-hydrogen) atoms. The van der Waals surface area contributed by atoms with Crippen molar-refractivity contribution in [2.45, 2.75) is 12.8 Å². The summed E-state index contributed by atoms with van der Waals surface area (Å²) in [5.41, 5.74) is 0. The second kappa shape index (κ2) is 4.20. The van der Waals surface area contributed by atoms with Gasteiger partial charge in [-0.1, -0.05) is 0 Å². The molecule has 0 aliphatic carbocycles. The van der Waals surface area contributed by atoms with E-state index in [0.29, 0.717) is 6.61 Å². The normalized spacial score (nSPS) is 20.1. The molecule has 1 heterocycles. The van der Waals surface area contributed by atoms with Gasteiger partial charge in [-0.2, -0.15) is 8.42 Å². The van der Waals surface area contributed by atoms with Crippen molar-refractivity contribution in [1.82, 2.24) is 4.90 Å². The van der Waals surface area contributed by atoms with Gasteiger partial charge in [0.1, 0.15) is 0 Å². The summed E-state index contributed by atoms with van der Waals surface area (Å²) in [5, 5.41) is 0. The van der Waals surface area contributed by atoms with Gasteiger partial charge in [0.05, 0.1) is 12.9 Å². The quantitative estimate of drug-likeness (QED) is 0.592. The van der Waals surface area contributed by atoms with Crippen molar-refractivity contribution < 1.29 is 12.6 Å². The van der Waals surface area contributed by atoms with Crippen molar-refractivity contribution >= 4 is 10.1 Å². The third kappa shape index (κ3) is 4.04. The Balaban J connectivity index is 2.09. The second-order valence-corrected chi connectivity index (χ2v) is 4.72. The lowest BCUT2D eigenvalue weighted by Crippen LogP contribution is -2.24. The minimum Gasteiger partial charge on any atom is -0.301 e. The monoisotopic (exact) mass is 193 g/mol. The third-order valence-corrected chi connectivity index (χ3v) is 2.50. The third-order valence-electron chi connectivity index (χ3n) is 1.90. The van der Waals surface area contributed by atoms with Gasteiger partial charge in [-0.15, -0.1) is 0 Å². The van der Waals surface area contributed by atoms with Crippen LogP contribution < -0.4 is 0 Å². The van der Waals surface area contributed by atoms with Gasteiger partial charge in [-0.3, -0.25) is 4.18 Å². The molecule has 72 valence electrons. The maximum Gasteiger partial charge on any atom is 0.264 e. The van der Waals surface area contributed by atoms with Crippen molar-refractivity contribution in [3.63, 3.8) is 0 Å². The highest BCUT2D eigenvalue weighted by Crippen LogP contribution is 2.06. The molecule has 0 unspecified atom stereocenters. The van der Waals surface area contributed by atoms with Crippen LogP contribution in [0.5, 0.6) is 0 Å². The number of hydrogen-bond donors (Lipinski definition) is 0. The first-order valence-electron chi connectivity index (χ1n) is 4.15. The molecule has 1 saturated heterocycles. The molecule has 0 aromatic heterocycles. The Morgan fingerprint density at radius 2 is 1.92 bits per heavy atom. The Morgan fingerprint density at radius 3 is 2.42 bits per heavy atom. The van der Waals surface area contributed by atoms with Gasteiger partial charge in [-0.05, 0) is 25.9 Å². The highest BCUT2D eigenvalue weighted by molar-refractivity contribution is 7.85. The van der Waals surface area contributed by atoms with Crippen LogP contribution in [0.3, 0.4) is 0 Å². The van der Waals surface area contributed by atoms with E-state index in [-0.39, 0.29) is 0 Å². The van der Waals surface area contributed by atoms with Crippen LogP contribution in [0.1, 0.15) is 12.8 Å². The summed E-state index contributed by atoms with van der Waals surface area (Å²) in [7, 11) is -3.24. The predicted octanol–water partition coefficient (Wildman–Crippen LogP) is 0.0584. The molecule has 0 radical (unpaired) electrons. The summed E-state index contributed by atoms with van der Waals surface area (Å²) < 4.78 is 25.8. The van der Waals surface area contributed by atoms with Crippen LogP contribution in [0.15, 0.2) is 0 Å². The molecule has 0 amide bonds. The maximum absolute atomic E-state index is 10.6. The van der Waals surface area contributed by atoms with Crippen molar-refractivity contribution in [3.8, 4) is 0 Å². The standard InChI is InChI=1S/C7H15NO3S/c1-12(9,10)11-7-6-8-4-2-3-5-8/h2-7H2,1H3. The van der Waals surface area contributed by atoms with Gasteiger partial charge in [0.15, 0.2) is 0 Å². The fourth-order valence-electron chi connectivity index (χ4n) is 1.32. The van der Waals surface area contributed by atoms with Crippen LogP contribution in [0.2, 0.25) is 0 Å². The number of nitrogens with zero attached hydrogens (tertiary/aromatic N) is 1. The molecule has 1 fully saturated rings. The van der Waals surface area contributed by atoms with Gasteiger partial charge < -0.3 is 4.90 Å². The smallest absolute Gasteiger partial charge is 0.264 e. The lowest BCUT2D eigenvalue weighted by atomic mass is 10.4. The van der Waals surface area contributed by atoms with Crippen LogP contribution in [0.25, 0.3) is 0 Å². The van der Waals surface area contributed by atoms with Crippen LogP contribution in [0, 0.1) is 0 Å². The molecule has 1 aliphatic heterocycles. The minimum atomic E-state index is -3.24. The predicted molar refractivity (Wildman–Crippen MR) is 46.5 cm³/mol. The first kappa shape index (κ1) is 9.95. The van der Waals surface area contributed by atoms with Gasteiger partial charge in [-0.25, -0.2) is 0 Å². The molecular weight excluding hydrogens is 178 g/mol. The number of likely N-dealkylation sites (tertiary alicyclic amines) is 1. The van der Waals surface area contributed by atoms with Crippen LogP contribution >= 0.6 is 0 Å². The second-order valence-electron chi connectivity index (χ2n) is 3.07. The van der Waals surface area contributed by atoms with Crippen LogP contribution in [-0.4, -0.2) is 45.8 Å². The first-order valence-corrected chi connectivity index (χ1v) is 5.96. The molecule has 0 N–H and O–H groups in total. The van der Waals surface area contributed by atoms with E-state index in [0.717, 1.165) is 25.9 Å². The van der Waals surface area contributed by atoms with Crippen molar-refractivity contribution in [2.75, 3.05) is 32.5 Å². The van der Waals surface area contributed by atoms with Gasteiger partial charge in [0, 0.05) is 6.54 Å². The molecule has 0 saturated carbocycles. The molecule has 0 aromatic rings. The zero-order valence-electron chi connectivity index (χ0n) is 7.32. The highest BCUT2D eigenvalue weighted by atomic mass is 32.2. The molecule has 1 rings (SSSR count). The van der Waals surface area contributed by atoms with Crippen LogP contribution in [-0.2, 0) is 14.3 Å². The summed E-state index contributed by atoms with van der Waals surface area (Å²) >= 11 is 0. The van der Waals surface area contributed by atoms with E-state index in [2.05, 4.69) is 9.08 Å². The Morgan fingerprint density at radius 1 is 1.33 bits per heavy atom. The Hall–Kier alpha value is -0.130. The molecule has 4 nitrogen and oxygen atoms in total. The summed E-state index contributed by atoms with van der Waals surface area (Å²) in [6.07, 6.45) is 3.52. The fraction of sp³-hybridized carbons (Fsp3) is 1.00. The number of rotatable bonds is 4. The topological polar surface area (TPSA) is 46.6 Å². The molecule has 0 bridgehead atoms. The SMILES string of the molecule is CS(=O)(=O)OCCN1CCCC1. The van der Waals surface area contributed by atoms with E-state index in [1.165, 1.54) is 12.8 Å². The molecule has 0 spiro atoms. The zero-order chi connectivity index (χ0) is 9.03. The highest BCUT2D eigenvalue weighted by Gasteiger charge is 2.11. The van der Waals surface area contributed by atoms with Gasteiger partial charge in [0.2, 0.25) is 0 Å². The molecule has 1 aliphatic rings.